The predicted molar refractivity (Wildman–Crippen MR) is 127 cm³/mol. The van der Waals surface area contributed by atoms with Crippen molar-refractivity contribution in [2.24, 2.45) is 0 Å². The number of pyridine rings is 1. The van der Waals surface area contributed by atoms with Gasteiger partial charge in [-0.05, 0) is 37.1 Å². The number of methoxy groups -OCH3 is 2. The van der Waals surface area contributed by atoms with Gasteiger partial charge in [0.05, 0.1) is 14.2 Å². The average molecular weight is 453 g/mol. The first kappa shape index (κ1) is 24.1. The molecule has 0 atom stereocenters. The Kier molecular flexibility index (Phi) is 8.65. The molecule has 1 aliphatic rings. The summed E-state index contributed by atoms with van der Waals surface area (Å²) in [5, 5.41) is 1.22. The zero-order valence-corrected chi connectivity index (χ0v) is 19.3. The van der Waals surface area contributed by atoms with E-state index in [0.717, 1.165) is 62.0 Å². The van der Waals surface area contributed by atoms with E-state index in [0.29, 0.717) is 0 Å². The normalized spacial score (nSPS) is 14.2. The molecule has 1 aromatic carbocycles. The van der Waals surface area contributed by atoms with Crippen LogP contribution in [0.3, 0.4) is 0 Å². The second-order valence-corrected chi connectivity index (χ2v) is 7.25. The molecule has 2 aromatic heterocycles. The summed E-state index contributed by atoms with van der Waals surface area (Å²) in [7, 11) is 3.36. The Morgan fingerprint density at radius 1 is 1.00 bits per heavy atom. The summed E-state index contributed by atoms with van der Waals surface area (Å²) in [5.74, 6) is 2.61. The lowest BCUT2D eigenvalue weighted by molar-refractivity contribution is 0.260. The van der Waals surface area contributed by atoms with Gasteiger partial charge < -0.3 is 19.4 Å². The maximum atomic E-state index is 5.50. The molecule has 4 rings (SSSR count). The first-order valence-electron chi connectivity index (χ1n) is 9.81. The largest absolute Gasteiger partial charge is 0.493 e. The predicted octanol–water partition coefficient (Wildman–Crippen LogP) is 4.10. The number of piperazine rings is 1. The Morgan fingerprint density at radius 3 is 2.33 bits per heavy atom. The fourth-order valence-electron chi connectivity index (χ4n) is 4.04. The second-order valence-electron chi connectivity index (χ2n) is 7.25. The first-order valence-corrected chi connectivity index (χ1v) is 9.81. The SMILES string of the molecule is COc1cc2[nH]c(C)c(CCN3CCN(c4ccccn4)CC3)c2cc1OC.Cl.Cl. The number of hydrogen-bond donors (Lipinski definition) is 1. The second kappa shape index (κ2) is 10.8. The van der Waals surface area contributed by atoms with Gasteiger partial charge in [-0.2, -0.15) is 0 Å². The molecule has 1 fully saturated rings. The fourth-order valence-corrected chi connectivity index (χ4v) is 4.04. The van der Waals surface area contributed by atoms with E-state index in [9.17, 15) is 0 Å². The van der Waals surface area contributed by atoms with Gasteiger partial charge in [0.25, 0.3) is 0 Å². The highest BCUT2D eigenvalue weighted by atomic mass is 35.5. The van der Waals surface area contributed by atoms with Crippen molar-refractivity contribution in [1.29, 1.82) is 0 Å². The Labute approximate surface area is 190 Å². The Hall–Kier alpha value is -2.15. The summed E-state index contributed by atoms with van der Waals surface area (Å²) in [6.45, 7) is 7.37. The molecule has 0 saturated carbocycles. The van der Waals surface area contributed by atoms with Gasteiger partial charge in [-0.3, -0.25) is 4.90 Å². The van der Waals surface area contributed by atoms with E-state index >= 15 is 0 Å². The summed E-state index contributed by atoms with van der Waals surface area (Å²) in [6.07, 6.45) is 2.88. The highest BCUT2D eigenvalue weighted by Crippen LogP contribution is 2.34. The molecule has 3 heterocycles. The van der Waals surface area contributed by atoms with Crippen LogP contribution < -0.4 is 14.4 Å². The third kappa shape index (κ3) is 4.94. The van der Waals surface area contributed by atoms with Crippen LogP contribution in [0.25, 0.3) is 10.9 Å². The van der Waals surface area contributed by atoms with Crippen molar-refractivity contribution in [2.75, 3.05) is 51.8 Å². The molecular formula is C22H30Cl2N4O2. The number of aryl methyl sites for hydroxylation is 1. The number of H-pyrrole nitrogens is 1. The zero-order chi connectivity index (χ0) is 19.5. The van der Waals surface area contributed by atoms with Crippen LogP contribution >= 0.6 is 24.8 Å². The van der Waals surface area contributed by atoms with Crippen molar-refractivity contribution in [3.05, 3.63) is 47.8 Å². The molecule has 1 aliphatic heterocycles. The minimum Gasteiger partial charge on any atom is -0.493 e. The molecule has 0 radical (unpaired) electrons. The van der Waals surface area contributed by atoms with E-state index in [1.807, 2.05) is 18.3 Å². The number of hydrogen-bond acceptors (Lipinski definition) is 5. The van der Waals surface area contributed by atoms with E-state index in [2.05, 4.69) is 44.9 Å². The zero-order valence-electron chi connectivity index (χ0n) is 17.7. The van der Waals surface area contributed by atoms with E-state index in [1.165, 1.54) is 16.6 Å². The van der Waals surface area contributed by atoms with Crippen molar-refractivity contribution in [1.82, 2.24) is 14.9 Å². The van der Waals surface area contributed by atoms with Crippen LogP contribution in [-0.2, 0) is 6.42 Å². The third-order valence-corrected chi connectivity index (χ3v) is 5.65. The highest BCUT2D eigenvalue weighted by Gasteiger charge is 2.19. The number of benzene rings is 1. The van der Waals surface area contributed by atoms with E-state index in [4.69, 9.17) is 9.47 Å². The van der Waals surface area contributed by atoms with Gasteiger partial charge in [0, 0.05) is 61.6 Å². The molecule has 0 spiro atoms. The standard InChI is InChI=1S/C22H28N4O2.2ClH/c1-16-17(18-14-20(27-2)21(28-3)15-19(18)24-16)7-9-25-10-12-26(13-11-25)22-6-4-5-8-23-22;;/h4-6,8,14-15,24H,7,9-13H2,1-3H3;2*1H. The highest BCUT2D eigenvalue weighted by molar-refractivity contribution is 5.88. The molecular weight excluding hydrogens is 423 g/mol. The number of nitrogens with zero attached hydrogens (tertiary/aromatic N) is 3. The average Bonchev–Trinajstić information content (AvgIpc) is 3.06. The maximum Gasteiger partial charge on any atom is 0.162 e. The lowest BCUT2D eigenvalue weighted by atomic mass is 10.1. The molecule has 30 heavy (non-hydrogen) atoms. The van der Waals surface area contributed by atoms with Gasteiger partial charge in [0.1, 0.15) is 5.82 Å². The molecule has 1 N–H and O–H groups in total. The van der Waals surface area contributed by atoms with Crippen molar-refractivity contribution < 1.29 is 9.47 Å². The number of aromatic nitrogens is 2. The minimum absolute atomic E-state index is 0. The molecule has 8 heteroatoms. The monoisotopic (exact) mass is 452 g/mol. The number of fused-ring (bicyclic) bond motifs is 1. The van der Waals surface area contributed by atoms with Gasteiger partial charge in [0.15, 0.2) is 11.5 Å². The number of anilines is 1. The quantitative estimate of drug-likeness (QED) is 0.609. The van der Waals surface area contributed by atoms with Gasteiger partial charge in [-0.1, -0.05) is 6.07 Å². The summed E-state index contributed by atoms with van der Waals surface area (Å²) in [5.41, 5.74) is 3.69. The van der Waals surface area contributed by atoms with Crippen LogP contribution in [0.4, 0.5) is 5.82 Å². The molecule has 0 unspecified atom stereocenters. The summed E-state index contributed by atoms with van der Waals surface area (Å²) in [4.78, 5) is 12.9. The number of nitrogens with one attached hydrogen (secondary N) is 1. The lowest BCUT2D eigenvalue weighted by Gasteiger charge is -2.35. The number of aromatic amines is 1. The number of ether oxygens (including phenoxy) is 2. The Morgan fingerprint density at radius 2 is 1.70 bits per heavy atom. The van der Waals surface area contributed by atoms with Gasteiger partial charge in [-0.15, -0.1) is 24.8 Å². The molecule has 164 valence electrons. The number of rotatable bonds is 6. The molecule has 3 aromatic rings. The lowest BCUT2D eigenvalue weighted by Crippen LogP contribution is -2.47. The van der Waals surface area contributed by atoms with Crippen molar-refractivity contribution in [3.63, 3.8) is 0 Å². The van der Waals surface area contributed by atoms with E-state index in [1.54, 1.807) is 14.2 Å². The Bertz CT molecular complexity index is 941. The van der Waals surface area contributed by atoms with Crippen LogP contribution in [-0.4, -0.2) is 61.8 Å². The topological polar surface area (TPSA) is 53.6 Å². The van der Waals surface area contributed by atoms with Crippen LogP contribution in [0.5, 0.6) is 11.5 Å². The van der Waals surface area contributed by atoms with Crippen molar-refractivity contribution in [2.45, 2.75) is 13.3 Å². The summed E-state index contributed by atoms with van der Waals surface area (Å²) >= 11 is 0. The smallest absolute Gasteiger partial charge is 0.162 e. The fraction of sp³-hybridized carbons (Fsp3) is 0.409. The van der Waals surface area contributed by atoms with Gasteiger partial charge in [-0.25, -0.2) is 4.98 Å². The van der Waals surface area contributed by atoms with Gasteiger partial charge >= 0.3 is 0 Å². The molecule has 0 bridgehead atoms. The summed E-state index contributed by atoms with van der Waals surface area (Å²) < 4.78 is 10.9. The Balaban J connectivity index is 0.00000160. The van der Waals surface area contributed by atoms with Gasteiger partial charge in [0.2, 0.25) is 0 Å². The number of halogens is 2. The van der Waals surface area contributed by atoms with Crippen molar-refractivity contribution >= 4 is 41.5 Å². The van der Waals surface area contributed by atoms with Crippen LogP contribution in [0.2, 0.25) is 0 Å². The van der Waals surface area contributed by atoms with E-state index in [-0.39, 0.29) is 24.8 Å². The molecule has 6 nitrogen and oxygen atoms in total. The van der Waals surface area contributed by atoms with Crippen LogP contribution in [0.1, 0.15) is 11.3 Å². The third-order valence-electron chi connectivity index (χ3n) is 5.65. The first-order chi connectivity index (χ1) is 13.7. The summed E-state index contributed by atoms with van der Waals surface area (Å²) in [6, 6.07) is 10.2. The van der Waals surface area contributed by atoms with Crippen LogP contribution in [0.15, 0.2) is 36.5 Å². The molecule has 1 saturated heterocycles. The van der Waals surface area contributed by atoms with Crippen molar-refractivity contribution in [3.8, 4) is 11.5 Å². The minimum atomic E-state index is 0. The molecule has 0 aliphatic carbocycles. The maximum absolute atomic E-state index is 5.50. The molecule has 0 amide bonds. The van der Waals surface area contributed by atoms with E-state index < -0.39 is 0 Å². The van der Waals surface area contributed by atoms with Crippen LogP contribution in [0, 0.1) is 6.92 Å².